The van der Waals surface area contributed by atoms with Crippen molar-refractivity contribution >= 4 is 5.91 Å². The van der Waals surface area contributed by atoms with Crippen molar-refractivity contribution in [3.05, 3.63) is 0 Å². The summed E-state index contributed by atoms with van der Waals surface area (Å²) in [5.74, 6) is 3.56. The third-order valence-electron chi connectivity index (χ3n) is 5.85. The van der Waals surface area contributed by atoms with Gasteiger partial charge in [-0.25, -0.2) is 5.84 Å². The Hall–Kier alpha value is -1.17. The lowest BCUT2D eigenvalue weighted by atomic mass is 9.98. The number of hydrazine groups is 1. The molecule has 2 aliphatic heterocycles. The van der Waals surface area contributed by atoms with Crippen LogP contribution in [0.15, 0.2) is 0 Å². The third-order valence-corrected chi connectivity index (χ3v) is 5.85. The molecule has 0 unspecified atom stereocenters. The summed E-state index contributed by atoms with van der Waals surface area (Å²) in [6.45, 7) is -2.21. The average molecular weight is 534 g/mol. The molecule has 14 atom stereocenters. The number of hydrogen-bond donors (Lipinski definition) is 13. The molecular formula is C18H34N2O16. The lowest BCUT2D eigenvalue weighted by Gasteiger charge is -2.42. The predicted molar refractivity (Wildman–Crippen MR) is 109 cm³/mol. The molecule has 18 nitrogen and oxygen atoms in total. The Balaban J connectivity index is 1.96. The van der Waals surface area contributed by atoms with E-state index in [1.54, 1.807) is 0 Å². The van der Waals surface area contributed by atoms with Crippen molar-refractivity contribution in [3.63, 3.8) is 0 Å². The Morgan fingerprint density at radius 2 is 1.28 bits per heavy atom. The van der Waals surface area contributed by atoms with Gasteiger partial charge in [-0.15, -0.1) is 0 Å². The van der Waals surface area contributed by atoms with Gasteiger partial charge in [-0.3, -0.25) is 10.2 Å². The molecule has 0 radical (unpaired) electrons. The molecule has 0 aliphatic carbocycles. The van der Waals surface area contributed by atoms with Crippen LogP contribution < -0.4 is 11.3 Å². The van der Waals surface area contributed by atoms with Gasteiger partial charge in [0.1, 0.15) is 67.1 Å². The Morgan fingerprint density at radius 1 is 0.778 bits per heavy atom. The van der Waals surface area contributed by atoms with Crippen LogP contribution in [0.2, 0.25) is 0 Å². The fourth-order valence-electron chi connectivity index (χ4n) is 3.53. The number of ether oxygens (including phenoxy) is 4. The van der Waals surface area contributed by atoms with E-state index in [2.05, 4.69) is 0 Å². The molecule has 0 spiro atoms. The van der Waals surface area contributed by atoms with Crippen LogP contribution in [0.25, 0.3) is 0 Å². The van der Waals surface area contributed by atoms with Crippen LogP contribution in [-0.4, -0.2) is 168 Å². The summed E-state index contributed by atoms with van der Waals surface area (Å²) >= 11 is 0. The van der Waals surface area contributed by atoms with E-state index in [0.29, 0.717) is 0 Å². The van der Waals surface area contributed by atoms with Crippen LogP contribution in [0, 0.1) is 0 Å². The van der Waals surface area contributed by atoms with Gasteiger partial charge in [0.05, 0.1) is 19.8 Å². The molecule has 2 aliphatic rings. The predicted octanol–water partition coefficient (Wildman–Crippen LogP) is -8.94. The fourth-order valence-corrected chi connectivity index (χ4v) is 3.53. The van der Waals surface area contributed by atoms with E-state index in [-0.39, 0.29) is 0 Å². The van der Waals surface area contributed by atoms with Crippen LogP contribution >= 0.6 is 0 Å². The summed E-state index contributed by atoms with van der Waals surface area (Å²) in [5, 5.41) is 108. The van der Waals surface area contributed by atoms with E-state index >= 15 is 0 Å². The largest absolute Gasteiger partial charge is 0.394 e. The van der Waals surface area contributed by atoms with Gasteiger partial charge < -0.3 is 75.1 Å². The maximum absolute atomic E-state index is 11.2. The maximum Gasteiger partial charge on any atom is 0.265 e. The summed E-state index contributed by atoms with van der Waals surface area (Å²) in [6, 6.07) is 0. The minimum Gasteiger partial charge on any atom is -0.394 e. The number of carbonyl (C=O) groups excluding carboxylic acids is 1. The first-order valence-electron chi connectivity index (χ1n) is 10.8. The van der Waals surface area contributed by atoms with Crippen molar-refractivity contribution in [1.29, 1.82) is 0 Å². The van der Waals surface area contributed by atoms with Crippen molar-refractivity contribution < 1.29 is 79.9 Å². The van der Waals surface area contributed by atoms with Gasteiger partial charge in [-0.1, -0.05) is 0 Å². The van der Waals surface area contributed by atoms with Crippen molar-refractivity contribution in [3.8, 4) is 0 Å². The minimum absolute atomic E-state index is 0.627. The second-order valence-electron chi connectivity index (χ2n) is 8.38. The standard InChI is InChI=1S/C18H34N2O16/c19-20-16(32)13(29)10(26)7(23)4(22)2-33-17-15(31)12(28)9(25)6(36-17)3-34-18-14(30)11(27)8(24)5(1-21)35-18/h4-15,17-18,21-31H,1-3,19H2,(H,20,32)/t4-,5-,6-,7-,8-,9-,10+,11+,12+,13-,14-,15-,17+,18+/m1/s1. The second kappa shape index (κ2) is 13.6. The minimum atomic E-state index is -2.20. The number of nitrogens with one attached hydrogen (secondary N) is 1. The number of amides is 1. The van der Waals surface area contributed by atoms with E-state index in [9.17, 15) is 61.0 Å². The molecule has 1 amide bonds. The Labute approximate surface area is 203 Å². The molecular weight excluding hydrogens is 500 g/mol. The lowest BCUT2D eigenvalue weighted by molar-refractivity contribution is -0.333. The van der Waals surface area contributed by atoms with Crippen molar-refractivity contribution in [1.82, 2.24) is 5.43 Å². The van der Waals surface area contributed by atoms with E-state index in [1.165, 1.54) is 5.43 Å². The van der Waals surface area contributed by atoms with Crippen LogP contribution in [0.3, 0.4) is 0 Å². The molecule has 14 N–H and O–H groups in total. The molecule has 2 saturated heterocycles. The first-order valence-corrected chi connectivity index (χ1v) is 10.8. The van der Waals surface area contributed by atoms with Crippen LogP contribution in [0.5, 0.6) is 0 Å². The molecule has 2 rings (SSSR count). The normalized spacial score (nSPS) is 40.8. The molecule has 0 aromatic rings. The Bertz CT molecular complexity index is 689. The highest BCUT2D eigenvalue weighted by atomic mass is 16.7. The maximum atomic E-state index is 11.2. The first-order chi connectivity index (χ1) is 16.8. The van der Waals surface area contributed by atoms with Gasteiger partial charge in [0.25, 0.3) is 5.91 Å². The molecule has 2 fully saturated rings. The monoisotopic (exact) mass is 534 g/mol. The van der Waals surface area contributed by atoms with E-state index in [4.69, 9.17) is 24.8 Å². The third kappa shape index (κ3) is 7.02. The van der Waals surface area contributed by atoms with Gasteiger partial charge in [-0.05, 0) is 0 Å². The van der Waals surface area contributed by atoms with Crippen LogP contribution in [0.4, 0.5) is 0 Å². The number of rotatable bonds is 11. The molecule has 18 heteroatoms. The zero-order chi connectivity index (χ0) is 27.3. The average Bonchev–Trinajstić information content (AvgIpc) is 2.88. The number of aliphatic hydroxyl groups is 11. The van der Waals surface area contributed by atoms with E-state index in [1.807, 2.05) is 0 Å². The molecule has 36 heavy (non-hydrogen) atoms. The molecule has 2 heterocycles. The van der Waals surface area contributed by atoms with Gasteiger partial charge in [0, 0.05) is 0 Å². The summed E-state index contributed by atoms with van der Waals surface area (Å²) in [6.07, 6.45) is -25.1. The Kier molecular flexibility index (Phi) is 11.7. The number of aliphatic hydroxyl groups excluding tert-OH is 11. The summed E-state index contributed by atoms with van der Waals surface area (Å²) in [4.78, 5) is 11.2. The summed E-state index contributed by atoms with van der Waals surface area (Å²) < 4.78 is 20.8. The highest BCUT2D eigenvalue weighted by Gasteiger charge is 2.47. The highest BCUT2D eigenvalue weighted by Crippen LogP contribution is 2.26. The lowest BCUT2D eigenvalue weighted by Crippen LogP contribution is -2.62. The summed E-state index contributed by atoms with van der Waals surface area (Å²) in [7, 11) is 0. The molecule has 212 valence electrons. The molecule has 0 aromatic carbocycles. The first kappa shape index (κ1) is 31.1. The van der Waals surface area contributed by atoms with Crippen molar-refractivity contribution in [2.24, 2.45) is 5.84 Å². The van der Waals surface area contributed by atoms with Crippen molar-refractivity contribution in [2.75, 3.05) is 19.8 Å². The highest BCUT2D eigenvalue weighted by molar-refractivity contribution is 5.80. The Morgan fingerprint density at radius 3 is 1.81 bits per heavy atom. The number of hydrogen-bond acceptors (Lipinski definition) is 17. The topological polar surface area (TPSA) is 315 Å². The SMILES string of the molecule is NNC(=O)[C@H](O)[C@@H](O)[C@H](O)[C@H](O)CO[C@H]1O[C@H](CO[C@H]2O[C@H](CO)[C@@H](O)[C@H](O)[C@H]2O)[C@@H](O)[C@H](O)[C@H]1O. The number of carbonyl (C=O) groups is 1. The van der Waals surface area contributed by atoms with Gasteiger partial charge >= 0.3 is 0 Å². The zero-order valence-corrected chi connectivity index (χ0v) is 18.7. The summed E-state index contributed by atoms with van der Waals surface area (Å²) in [5.41, 5.74) is 1.54. The second-order valence-corrected chi connectivity index (χ2v) is 8.38. The quantitative estimate of drug-likeness (QED) is 0.0664. The van der Waals surface area contributed by atoms with Gasteiger partial charge in [0.15, 0.2) is 18.7 Å². The van der Waals surface area contributed by atoms with Gasteiger partial charge in [0.2, 0.25) is 0 Å². The van der Waals surface area contributed by atoms with Crippen LogP contribution in [-0.2, 0) is 23.7 Å². The molecule has 0 aromatic heterocycles. The smallest absolute Gasteiger partial charge is 0.265 e. The number of nitrogens with two attached hydrogens (primary N) is 1. The molecule has 0 saturated carbocycles. The van der Waals surface area contributed by atoms with E-state index < -0.39 is 112 Å². The fraction of sp³-hybridized carbons (Fsp3) is 0.944. The van der Waals surface area contributed by atoms with Crippen molar-refractivity contribution in [2.45, 2.75) is 85.8 Å². The zero-order valence-electron chi connectivity index (χ0n) is 18.7. The van der Waals surface area contributed by atoms with E-state index in [0.717, 1.165) is 0 Å². The van der Waals surface area contributed by atoms with Crippen LogP contribution in [0.1, 0.15) is 0 Å². The molecule has 0 bridgehead atoms. The van der Waals surface area contributed by atoms with Gasteiger partial charge in [-0.2, -0.15) is 0 Å².